The average Bonchev–Trinajstić information content (AvgIpc) is 3.33. The van der Waals surface area contributed by atoms with Crippen LogP contribution in [0.15, 0.2) is 60.8 Å². The second-order valence-electron chi connectivity index (χ2n) is 9.34. The van der Waals surface area contributed by atoms with Crippen LogP contribution < -0.4 is 5.32 Å². The molecule has 2 N–H and O–H groups in total. The molecule has 198 valence electrons. The second kappa shape index (κ2) is 9.58. The first-order valence-corrected chi connectivity index (χ1v) is 13.7. The third-order valence-electron chi connectivity index (χ3n) is 6.87. The van der Waals surface area contributed by atoms with Gasteiger partial charge in [-0.05, 0) is 30.5 Å². The van der Waals surface area contributed by atoms with Gasteiger partial charge in [0.15, 0.2) is 11.6 Å². The van der Waals surface area contributed by atoms with E-state index in [1.54, 1.807) is 24.0 Å². The number of fused-ring (bicyclic) bond motifs is 1. The maximum atomic E-state index is 15.1. The number of nitrogens with zero attached hydrogens (tertiary/aromatic N) is 2. The fourth-order valence-corrected chi connectivity index (χ4v) is 6.98. The van der Waals surface area contributed by atoms with Gasteiger partial charge in [-0.3, -0.25) is 14.8 Å². The highest BCUT2D eigenvalue weighted by molar-refractivity contribution is 7.31. The van der Waals surface area contributed by atoms with Gasteiger partial charge in [-0.15, -0.1) is 22.7 Å². The zero-order valence-corrected chi connectivity index (χ0v) is 22.2. The summed E-state index contributed by atoms with van der Waals surface area (Å²) in [6.45, 7) is 0.132. The number of nitrogens with one attached hydrogen (secondary N) is 1. The number of amides is 1. The van der Waals surface area contributed by atoms with Crippen molar-refractivity contribution in [1.29, 1.82) is 0 Å². The van der Waals surface area contributed by atoms with E-state index in [1.165, 1.54) is 34.8 Å². The topological polar surface area (TPSA) is 93.5 Å². The number of aliphatic carboxylic acids is 1. The number of carbonyl (C=O) groups excluding carboxylic acids is 1. The van der Waals surface area contributed by atoms with Crippen LogP contribution in [0.1, 0.15) is 24.0 Å². The van der Waals surface area contributed by atoms with Gasteiger partial charge in [0.1, 0.15) is 12.4 Å². The minimum Gasteiger partial charge on any atom is -0.481 e. The Balaban J connectivity index is 1.24. The van der Waals surface area contributed by atoms with Crippen molar-refractivity contribution < 1.29 is 28.2 Å². The van der Waals surface area contributed by atoms with E-state index in [-0.39, 0.29) is 17.7 Å². The van der Waals surface area contributed by atoms with Gasteiger partial charge in [-0.1, -0.05) is 42.5 Å². The first-order chi connectivity index (χ1) is 18.8. The molecule has 1 amide bonds. The summed E-state index contributed by atoms with van der Waals surface area (Å²) in [5.74, 6) is -2.80. The van der Waals surface area contributed by atoms with Crippen LogP contribution in [0.5, 0.6) is 0 Å². The van der Waals surface area contributed by atoms with E-state index in [9.17, 15) is 19.1 Å². The fraction of sp³-hybridized carbons (Fsp3) is 0.179. The molecule has 0 spiro atoms. The molecular weight excluding hydrogens is 544 g/mol. The van der Waals surface area contributed by atoms with Crippen molar-refractivity contribution in [1.82, 2.24) is 9.78 Å². The number of aryl methyl sites for hydroxylation is 1. The number of carboxylic acid groups (broad SMARTS) is 1. The van der Waals surface area contributed by atoms with E-state index >= 15 is 4.39 Å². The highest BCUT2D eigenvalue weighted by atomic mass is 32.1. The Labute approximate surface area is 229 Å². The Morgan fingerprint density at radius 1 is 1.03 bits per heavy atom. The standard InChI is InChI=1S/C28H21F2N3O4S2/c1-33-25(32-27(36)37-14-15-5-3-2-4-6-15)17(13-31-33)20-12-22-21(39-20)11-19(38-22)16-7-8-18(24(30)23(16)29)28(9-10-28)26(34)35/h2-8,11-13H,9-10,14H2,1H3,(H,32,36)(H,34,35). The average molecular weight is 566 g/mol. The van der Waals surface area contributed by atoms with Gasteiger partial charge >= 0.3 is 12.1 Å². The SMILES string of the molecule is Cn1ncc(-c2cc3sc(-c4ccc(C5(C(=O)O)CC5)c(F)c4F)cc3s2)c1NC(=O)OCc1ccccc1. The molecule has 1 saturated carbocycles. The zero-order valence-electron chi connectivity index (χ0n) is 20.5. The molecule has 1 fully saturated rings. The summed E-state index contributed by atoms with van der Waals surface area (Å²) in [7, 11) is 1.71. The molecule has 3 aromatic heterocycles. The lowest BCUT2D eigenvalue weighted by Crippen LogP contribution is -2.21. The van der Waals surface area contributed by atoms with Gasteiger partial charge in [0.05, 0.1) is 17.2 Å². The normalized spacial score (nSPS) is 13.9. The quantitative estimate of drug-likeness (QED) is 0.218. The largest absolute Gasteiger partial charge is 0.481 e. The number of hydrogen-bond donors (Lipinski definition) is 2. The van der Waals surface area contributed by atoms with Crippen LogP contribution in [-0.2, 0) is 28.6 Å². The molecule has 0 aliphatic heterocycles. The molecule has 5 aromatic rings. The summed E-state index contributed by atoms with van der Waals surface area (Å²) >= 11 is 2.74. The van der Waals surface area contributed by atoms with Gasteiger partial charge in [0.2, 0.25) is 0 Å². The summed E-state index contributed by atoms with van der Waals surface area (Å²) in [5.41, 5.74) is 0.242. The Kier molecular flexibility index (Phi) is 6.19. The molecule has 0 saturated heterocycles. The van der Waals surface area contributed by atoms with E-state index in [2.05, 4.69) is 10.4 Å². The van der Waals surface area contributed by atoms with Crippen LogP contribution in [0.2, 0.25) is 0 Å². The van der Waals surface area contributed by atoms with Crippen LogP contribution in [0, 0.1) is 11.6 Å². The van der Waals surface area contributed by atoms with Gasteiger partial charge in [0.25, 0.3) is 0 Å². The molecule has 0 unspecified atom stereocenters. The molecule has 11 heteroatoms. The van der Waals surface area contributed by atoms with Crippen LogP contribution in [-0.4, -0.2) is 26.9 Å². The number of rotatable bonds is 7. The summed E-state index contributed by atoms with van der Waals surface area (Å²) in [6, 6.07) is 15.9. The highest BCUT2D eigenvalue weighted by Crippen LogP contribution is 2.51. The molecule has 0 bridgehead atoms. The number of ether oxygens (including phenoxy) is 1. The van der Waals surface area contributed by atoms with Crippen LogP contribution >= 0.6 is 22.7 Å². The van der Waals surface area contributed by atoms with Crippen molar-refractivity contribution in [2.24, 2.45) is 7.05 Å². The number of halogens is 2. The Hall–Kier alpha value is -4.09. The zero-order chi connectivity index (χ0) is 27.3. The van der Waals surface area contributed by atoms with Gasteiger partial charge in [-0.25, -0.2) is 13.6 Å². The number of carbonyl (C=O) groups is 2. The predicted molar refractivity (Wildman–Crippen MR) is 146 cm³/mol. The lowest BCUT2D eigenvalue weighted by molar-refractivity contribution is -0.140. The van der Waals surface area contributed by atoms with Crippen LogP contribution in [0.3, 0.4) is 0 Å². The summed E-state index contributed by atoms with van der Waals surface area (Å²) < 4.78 is 38.6. The summed E-state index contributed by atoms with van der Waals surface area (Å²) in [6.07, 6.45) is 1.63. The van der Waals surface area contributed by atoms with E-state index in [0.717, 1.165) is 19.8 Å². The van der Waals surface area contributed by atoms with Gasteiger partial charge in [-0.2, -0.15) is 5.10 Å². The number of thiophene rings is 2. The van der Waals surface area contributed by atoms with Crippen molar-refractivity contribution in [3.63, 3.8) is 0 Å². The maximum Gasteiger partial charge on any atom is 0.413 e. The molecule has 3 heterocycles. The van der Waals surface area contributed by atoms with Gasteiger partial charge < -0.3 is 9.84 Å². The smallest absolute Gasteiger partial charge is 0.413 e. The molecule has 6 rings (SSSR count). The number of hydrogen-bond acceptors (Lipinski definition) is 6. The molecule has 39 heavy (non-hydrogen) atoms. The molecule has 1 aliphatic rings. The lowest BCUT2D eigenvalue weighted by atomic mass is 9.94. The Morgan fingerprint density at radius 2 is 1.69 bits per heavy atom. The van der Waals surface area contributed by atoms with Crippen molar-refractivity contribution in [3.05, 3.63) is 83.6 Å². The van der Waals surface area contributed by atoms with Crippen molar-refractivity contribution in [2.75, 3.05) is 5.32 Å². The van der Waals surface area contributed by atoms with Crippen molar-refractivity contribution >= 4 is 50.0 Å². The predicted octanol–water partition coefficient (Wildman–Crippen LogP) is 7.17. The van der Waals surface area contributed by atoms with E-state index in [1.807, 2.05) is 36.4 Å². The fourth-order valence-electron chi connectivity index (χ4n) is 4.56. The highest BCUT2D eigenvalue weighted by Gasteiger charge is 2.53. The number of benzene rings is 2. The summed E-state index contributed by atoms with van der Waals surface area (Å²) in [4.78, 5) is 25.4. The second-order valence-corrected chi connectivity index (χ2v) is 11.5. The maximum absolute atomic E-state index is 15.1. The molecule has 0 atom stereocenters. The molecule has 0 radical (unpaired) electrons. The minimum absolute atomic E-state index is 0.0947. The Bertz CT molecular complexity index is 1710. The van der Waals surface area contributed by atoms with Crippen molar-refractivity contribution in [2.45, 2.75) is 24.9 Å². The molecular formula is C28H21F2N3O4S2. The van der Waals surface area contributed by atoms with E-state index in [4.69, 9.17) is 4.74 Å². The number of carboxylic acids is 1. The minimum atomic E-state index is -1.32. The van der Waals surface area contributed by atoms with Gasteiger partial charge in [0, 0.05) is 37.3 Å². The molecule has 1 aliphatic carbocycles. The first kappa shape index (κ1) is 25.2. The van der Waals surface area contributed by atoms with Crippen LogP contribution in [0.25, 0.3) is 30.3 Å². The lowest BCUT2D eigenvalue weighted by Gasteiger charge is -2.13. The Morgan fingerprint density at radius 3 is 2.33 bits per heavy atom. The third kappa shape index (κ3) is 4.47. The van der Waals surface area contributed by atoms with Crippen molar-refractivity contribution in [3.8, 4) is 20.9 Å². The van der Waals surface area contributed by atoms with E-state index < -0.39 is 29.1 Å². The summed E-state index contributed by atoms with van der Waals surface area (Å²) in [5, 5.41) is 16.5. The third-order valence-corrected chi connectivity index (χ3v) is 9.23. The number of aromatic nitrogens is 2. The molecule has 7 nitrogen and oxygen atoms in total. The van der Waals surface area contributed by atoms with E-state index in [0.29, 0.717) is 29.1 Å². The molecule has 2 aromatic carbocycles. The van der Waals surface area contributed by atoms with Crippen LogP contribution in [0.4, 0.5) is 19.4 Å². The first-order valence-electron chi connectivity index (χ1n) is 12.0. The number of anilines is 1. The monoisotopic (exact) mass is 565 g/mol.